The maximum Gasteiger partial charge on any atom is 0.249 e. The Morgan fingerprint density at radius 3 is 2.54 bits per heavy atom. The monoisotopic (exact) mass is 591 g/mol. The Labute approximate surface area is 240 Å². The van der Waals surface area contributed by atoms with E-state index in [4.69, 9.17) is 41.3 Å². The molecule has 0 bridgehead atoms. The quantitative estimate of drug-likeness (QED) is 0.0922. The number of unbranched alkanes of at least 4 members (excludes halogenated alkanes) is 1. The zero-order valence-corrected chi connectivity index (χ0v) is 23.8. The minimum atomic E-state index is -1.44. The number of hydrogen-bond acceptors (Lipinski definition) is 14. The Bertz CT molecular complexity index is 867. The number of aliphatic hydroxyl groups is 5. The first-order valence-corrected chi connectivity index (χ1v) is 14.3. The number of carbonyl (C=O) groups is 1. The first-order valence-electron chi connectivity index (χ1n) is 14.3. The third kappa shape index (κ3) is 8.55. The third-order valence-corrected chi connectivity index (χ3v) is 7.88. The predicted octanol–water partition coefficient (Wildman–Crippen LogP) is -3.78. The highest BCUT2D eigenvalue weighted by molar-refractivity contribution is 5.80. The normalized spacial score (nSPS) is 40.4. The van der Waals surface area contributed by atoms with E-state index in [0.29, 0.717) is 31.4 Å². The second-order valence-electron chi connectivity index (χ2n) is 11.3. The number of nitrogens with one attached hydrogen (secondary N) is 2. The maximum atomic E-state index is 12.7. The predicted molar refractivity (Wildman–Crippen MR) is 146 cm³/mol. The Kier molecular flexibility index (Phi) is 12.7. The van der Waals surface area contributed by atoms with Crippen molar-refractivity contribution in [3.8, 4) is 0 Å². The summed E-state index contributed by atoms with van der Waals surface area (Å²) in [5.74, 6) is -0.0519. The summed E-state index contributed by atoms with van der Waals surface area (Å²) in [5, 5.41) is 57.8. The molecule has 12 atom stereocenters. The van der Waals surface area contributed by atoms with E-state index in [0.717, 1.165) is 0 Å². The Hall–Kier alpha value is -1.47. The lowest BCUT2D eigenvalue weighted by atomic mass is 9.83. The molecule has 3 aliphatic rings. The molecule has 15 nitrogen and oxygen atoms in total. The van der Waals surface area contributed by atoms with Gasteiger partial charge >= 0.3 is 0 Å². The fraction of sp³-hybridized carbons (Fsp3) is 0.885. The molecule has 1 saturated heterocycles. The molecule has 0 aromatic rings. The first kappa shape index (κ1) is 34.0. The lowest BCUT2D eigenvalue weighted by Crippen LogP contribution is -2.69. The third-order valence-electron chi connectivity index (χ3n) is 7.88. The maximum absolute atomic E-state index is 12.7. The van der Waals surface area contributed by atoms with Gasteiger partial charge in [-0.15, -0.1) is 0 Å². The lowest BCUT2D eigenvalue weighted by Gasteiger charge is -2.49. The molecule has 1 amide bonds. The molecular weight excluding hydrogens is 542 g/mol. The second kappa shape index (κ2) is 15.3. The fourth-order valence-electron chi connectivity index (χ4n) is 5.54. The molecule has 0 aromatic carbocycles. The van der Waals surface area contributed by atoms with Gasteiger partial charge in [-0.05, 0) is 58.7 Å². The van der Waals surface area contributed by atoms with Crippen LogP contribution in [0.2, 0.25) is 0 Å². The van der Waals surface area contributed by atoms with Gasteiger partial charge in [0.2, 0.25) is 12.2 Å². The summed E-state index contributed by atoms with van der Waals surface area (Å²) in [6.07, 6.45) is -4.25. The van der Waals surface area contributed by atoms with Gasteiger partial charge in [0.1, 0.15) is 36.1 Å². The Morgan fingerprint density at radius 1 is 1.17 bits per heavy atom. The summed E-state index contributed by atoms with van der Waals surface area (Å²) in [7, 11) is 1.57. The highest BCUT2D eigenvalue weighted by Crippen LogP contribution is 2.32. The molecule has 1 saturated carbocycles. The van der Waals surface area contributed by atoms with Crippen molar-refractivity contribution in [1.29, 1.82) is 0 Å². The van der Waals surface area contributed by atoms with Crippen LogP contribution in [-0.2, 0) is 23.7 Å². The van der Waals surface area contributed by atoms with Crippen molar-refractivity contribution in [2.45, 2.75) is 118 Å². The molecule has 238 valence electrons. The highest BCUT2D eigenvalue weighted by Gasteiger charge is 2.51. The lowest BCUT2D eigenvalue weighted by molar-refractivity contribution is -0.304. The molecule has 0 spiro atoms. The molecule has 12 unspecified atom stereocenters. The van der Waals surface area contributed by atoms with Crippen LogP contribution in [-0.4, -0.2) is 131 Å². The van der Waals surface area contributed by atoms with Crippen LogP contribution in [0.5, 0.6) is 0 Å². The van der Waals surface area contributed by atoms with Crippen molar-refractivity contribution >= 4 is 5.91 Å². The molecule has 2 fully saturated rings. The highest BCUT2D eigenvalue weighted by atomic mass is 16.7. The number of aliphatic hydroxyl groups excluding tert-OH is 4. The Morgan fingerprint density at radius 2 is 1.88 bits per heavy atom. The van der Waals surface area contributed by atoms with E-state index in [1.807, 2.05) is 6.08 Å². The molecule has 15 heteroatoms. The summed E-state index contributed by atoms with van der Waals surface area (Å²) in [5.41, 5.74) is 16.8. The smallest absolute Gasteiger partial charge is 0.249 e. The van der Waals surface area contributed by atoms with Gasteiger partial charge in [0.25, 0.3) is 0 Å². The van der Waals surface area contributed by atoms with Crippen LogP contribution in [0.4, 0.5) is 0 Å². The zero-order chi connectivity index (χ0) is 30.3. The van der Waals surface area contributed by atoms with Crippen LogP contribution < -0.4 is 27.8 Å². The van der Waals surface area contributed by atoms with Gasteiger partial charge in [-0.3, -0.25) is 4.79 Å². The Balaban J connectivity index is 1.79. The van der Waals surface area contributed by atoms with E-state index in [1.54, 1.807) is 7.05 Å². The van der Waals surface area contributed by atoms with E-state index >= 15 is 0 Å². The molecule has 3 rings (SSSR count). The number of amides is 1. The molecule has 0 radical (unpaired) electrons. The van der Waals surface area contributed by atoms with Crippen molar-refractivity contribution in [3.63, 3.8) is 0 Å². The molecule has 2 aliphatic heterocycles. The van der Waals surface area contributed by atoms with Crippen LogP contribution in [0.25, 0.3) is 0 Å². The number of nitrogens with two attached hydrogens (primary N) is 3. The average molecular weight is 592 g/mol. The van der Waals surface area contributed by atoms with Gasteiger partial charge in [-0.2, -0.15) is 0 Å². The largest absolute Gasteiger partial charge is 0.468 e. The number of allylic oxidation sites excluding steroid dienone is 1. The van der Waals surface area contributed by atoms with E-state index in [1.165, 1.54) is 6.92 Å². The minimum absolute atomic E-state index is 0.0267. The van der Waals surface area contributed by atoms with E-state index in [9.17, 15) is 25.2 Å². The van der Waals surface area contributed by atoms with Crippen molar-refractivity contribution in [1.82, 2.24) is 10.6 Å². The molecule has 2 heterocycles. The number of likely N-dealkylation sites (N-methyl/N-ethyl adjacent to an activating group) is 1. The summed E-state index contributed by atoms with van der Waals surface area (Å²) in [6, 6.07) is -3.06. The zero-order valence-electron chi connectivity index (χ0n) is 23.8. The molecule has 13 N–H and O–H groups in total. The van der Waals surface area contributed by atoms with Crippen LogP contribution in [0.15, 0.2) is 11.8 Å². The van der Waals surface area contributed by atoms with Gasteiger partial charge in [-0.1, -0.05) is 0 Å². The summed E-state index contributed by atoms with van der Waals surface area (Å²) in [6.45, 7) is 1.49. The molecule has 1 aliphatic carbocycles. The number of carbonyl (C=O) groups excluding carboxylic acids is 1. The standard InChI is InChI=1S/C26H49N5O10/c1-26(37)12-38-25(19(35)22(26)30-2)41-21-16(31-23(36)17(33)8-9-27)11-15(29)20(18(21)34)40-24-14(28)7-6-13(39-24)5-3-4-10-32/h6,14-22,24-25,30,32-35,37H,3-5,7-12,27-29H2,1-2H3,(H,31,36). The van der Waals surface area contributed by atoms with E-state index < -0.39 is 78.8 Å². The van der Waals surface area contributed by atoms with Crippen molar-refractivity contribution < 1.29 is 49.3 Å². The van der Waals surface area contributed by atoms with Crippen LogP contribution in [0.1, 0.15) is 45.4 Å². The van der Waals surface area contributed by atoms with Gasteiger partial charge in [0, 0.05) is 19.1 Å². The van der Waals surface area contributed by atoms with Crippen molar-refractivity contribution in [2.75, 3.05) is 26.8 Å². The topological polar surface area (TPSA) is 257 Å². The minimum Gasteiger partial charge on any atom is -0.468 e. The van der Waals surface area contributed by atoms with E-state index in [-0.39, 0.29) is 32.6 Å². The molecule has 0 aromatic heterocycles. The van der Waals surface area contributed by atoms with Crippen LogP contribution >= 0.6 is 0 Å². The van der Waals surface area contributed by atoms with Crippen molar-refractivity contribution in [2.24, 2.45) is 17.2 Å². The molecular formula is C26H49N5O10. The SMILES string of the molecule is CNC1C(O)C(OC2C(NC(=O)C(O)CCN)CC(N)C(OC3OC(CCCCO)=CCC3N)C2O)OCC1(C)O. The first-order chi connectivity index (χ1) is 19.4. The van der Waals surface area contributed by atoms with Crippen LogP contribution in [0, 0.1) is 0 Å². The number of hydrogen-bond donors (Lipinski definition) is 10. The number of ether oxygens (including phenoxy) is 4. The molecule has 41 heavy (non-hydrogen) atoms. The second-order valence-corrected chi connectivity index (χ2v) is 11.3. The van der Waals surface area contributed by atoms with Crippen LogP contribution in [0.3, 0.4) is 0 Å². The van der Waals surface area contributed by atoms with Crippen molar-refractivity contribution in [3.05, 3.63) is 11.8 Å². The average Bonchev–Trinajstić information content (AvgIpc) is 2.91. The van der Waals surface area contributed by atoms with Gasteiger partial charge < -0.3 is 72.3 Å². The fourth-order valence-corrected chi connectivity index (χ4v) is 5.54. The summed E-state index contributed by atoms with van der Waals surface area (Å²) < 4.78 is 23.8. The summed E-state index contributed by atoms with van der Waals surface area (Å²) in [4.78, 5) is 12.7. The van der Waals surface area contributed by atoms with E-state index in [2.05, 4.69) is 10.6 Å². The number of rotatable bonds is 13. The van der Waals surface area contributed by atoms with Gasteiger partial charge in [-0.25, -0.2) is 0 Å². The summed E-state index contributed by atoms with van der Waals surface area (Å²) >= 11 is 0. The van der Waals surface area contributed by atoms with Gasteiger partial charge in [0.15, 0.2) is 6.29 Å². The van der Waals surface area contributed by atoms with Gasteiger partial charge in [0.05, 0.1) is 30.5 Å².